The molecule has 3 aromatic rings. The molecule has 11 heteroatoms. The molecule has 2 aromatic heterocycles. The number of nitrogens with zero attached hydrogens (tertiary/aromatic N) is 6. The third-order valence-electron chi connectivity index (χ3n) is 7.39. The van der Waals surface area contributed by atoms with Crippen LogP contribution < -0.4 is 10.2 Å². The average molecular weight is 527 g/mol. The summed E-state index contributed by atoms with van der Waals surface area (Å²) >= 11 is 0. The van der Waals surface area contributed by atoms with Crippen LogP contribution in [0.25, 0.3) is 22.6 Å². The number of benzene rings is 1. The number of nitrogens with one attached hydrogen (secondary N) is 2. The number of carbonyl (C=O) groups is 1. The number of amides is 2. The monoisotopic (exact) mass is 526 g/mol. The quantitative estimate of drug-likeness (QED) is 0.485. The summed E-state index contributed by atoms with van der Waals surface area (Å²) in [5.74, 6) is 0.180. The smallest absolute Gasteiger partial charge is 0.322 e. The number of hydrogen-bond acceptors (Lipinski definition) is 6. The van der Waals surface area contributed by atoms with E-state index in [-0.39, 0.29) is 30.2 Å². The molecule has 2 N–H and O–H groups in total. The van der Waals surface area contributed by atoms with Gasteiger partial charge >= 0.3 is 6.03 Å². The number of fused-ring (bicyclic) bond motifs is 1. The molecule has 2 fully saturated rings. The zero-order valence-corrected chi connectivity index (χ0v) is 23.0. The number of aromatic amines is 1. The van der Waals surface area contributed by atoms with Crippen molar-refractivity contribution in [1.82, 2.24) is 29.5 Å². The molecule has 2 aliphatic heterocycles. The van der Waals surface area contributed by atoms with Gasteiger partial charge < -0.3 is 29.7 Å². The summed E-state index contributed by atoms with van der Waals surface area (Å²) in [4.78, 5) is 27.4. The van der Waals surface area contributed by atoms with Gasteiger partial charge in [-0.05, 0) is 60.1 Å². The summed E-state index contributed by atoms with van der Waals surface area (Å²) < 4.78 is 22.9. The van der Waals surface area contributed by atoms with Crippen molar-refractivity contribution in [2.45, 2.75) is 65.3 Å². The maximum atomic E-state index is 15.1. The van der Waals surface area contributed by atoms with Crippen LogP contribution in [0, 0.1) is 5.82 Å². The molecule has 4 heterocycles. The Bertz CT molecular complexity index is 1260. The van der Waals surface area contributed by atoms with Crippen LogP contribution in [0.4, 0.5) is 20.6 Å². The maximum absolute atomic E-state index is 15.1. The van der Waals surface area contributed by atoms with E-state index < -0.39 is 0 Å². The lowest BCUT2D eigenvalue weighted by Gasteiger charge is -2.34. The maximum Gasteiger partial charge on any atom is 0.322 e. The Morgan fingerprint density at radius 2 is 1.89 bits per heavy atom. The highest BCUT2D eigenvalue weighted by atomic mass is 19.1. The van der Waals surface area contributed by atoms with E-state index in [1.54, 1.807) is 9.58 Å². The van der Waals surface area contributed by atoms with Crippen LogP contribution >= 0.6 is 0 Å². The van der Waals surface area contributed by atoms with E-state index in [4.69, 9.17) is 9.84 Å². The number of rotatable bonds is 6. The van der Waals surface area contributed by atoms with E-state index in [9.17, 15) is 4.79 Å². The summed E-state index contributed by atoms with van der Waals surface area (Å²) in [5.41, 5.74) is 2.84. The van der Waals surface area contributed by atoms with Gasteiger partial charge in [0.2, 0.25) is 0 Å². The highest BCUT2D eigenvalue weighted by Gasteiger charge is 2.26. The number of imidazole rings is 1. The first-order chi connectivity index (χ1) is 18.2. The number of ether oxygens (including phenoxy) is 1. The van der Waals surface area contributed by atoms with Crippen molar-refractivity contribution < 1.29 is 13.9 Å². The number of urea groups is 1. The first kappa shape index (κ1) is 26.4. The van der Waals surface area contributed by atoms with Gasteiger partial charge in [0, 0.05) is 50.9 Å². The fraction of sp³-hybridized carbons (Fsp3) is 0.593. The van der Waals surface area contributed by atoms with E-state index in [0.29, 0.717) is 35.0 Å². The number of likely N-dealkylation sites (N-methyl/N-ethyl adjacent to an activating group) is 1. The number of anilines is 2. The molecule has 10 nitrogen and oxygen atoms in total. The molecule has 206 valence electrons. The topological polar surface area (TPSA) is 94.5 Å². The lowest BCUT2D eigenvalue weighted by molar-refractivity contribution is -0.0393. The lowest BCUT2D eigenvalue weighted by atomic mass is 10.2. The van der Waals surface area contributed by atoms with Crippen molar-refractivity contribution in [3.63, 3.8) is 0 Å². The Labute approximate surface area is 223 Å². The Hall–Kier alpha value is -3.18. The van der Waals surface area contributed by atoms with E-state index >= 15 is 4.39 Å². The van der Waals surface area contributed by atoms with Crippen LogP contribution in [0.15, 0.2) is 18.3 Å². The number of aromatic nitrogens is 4. The zero-order chi connectivity index (χ0) is 27.0. The summed E-state index contributed by atoms with van der Waals surface area (Å²) in [6.45, 7) is 12.0. The van der Waals surface area contributed by atoms with Crippen molar-refractivity contribution in [3.05, 3.63) is 24.1 Å². The Morgan fingerprint density at radius 1 is 1.16 bits per heavy atom. The molecular weight excluding hydrogens is 487 g/mol. The third kappa shape index (κ3) is 5.35. The van der Waals surface area contributed by atoms with Gasteiger partial charge in [-0.1, -0.05) is 0 Å². The molecule has 0 radical (unpaired) electrons. The molecule has 0 aliphatic carbocycles. The minimum Gasteiger partial charge on any atom is -0.367 e. The average Bonchev–Trinajstić information content (AvgIpc) is 3.48. The number of hydrogen-bond donors (Lipinski definition) is 2. The van der Waals surface area contributed by atoms with Gasteiger partial charge in [0.25, 0.3) is 0 Å². The molecule has 2 aliphatic rings. The first-order valence-electron chi connectivity index (χ1n) is 13.6. The predicted octanol–water partition coefficient (Wildman–Crippen LogP) is 4.67. The van der Waals surface area contributed by atoms with E-state index in [2.05, 4.69) is 32.1 Å². The highest BCUT2D eigenvalue weighted by Crippen LogP contribution is 2.33. The molecule has 0 saturated carbocycles. The summed E-state index contributed by atoms with van der Waals surface area (Å²) in [7, 11) is 2.08. The molecule has 2 amide bonds. The number of halogens is 1. The molecule has 1 atom stereocenters. The molecule has 0 bridgehead atoms. The normalized spacial score (nSPS) is 19.1. The van der Waals surface area contributed by atoms with Crippen molar-refractivity contribution in [1.29, 1.82) is 0 Å². The van der Waals surface area contributed by atoms with Gasteiger partial charge in [-0.2, -0.15) is 5.10 Å². The molecule has 5 rings (SSSR count). The fourth-order valence-electron chi connectivity index (χ4n) is 5.40. The molecule has 1 unspecified atom stereocenters. The summed E-state index contributed by atoms with van der Waals surface area (Å²) in [5, 5.41) is 7.85. The molecule has 38 heavy (non-hydrogen) atoms. The Morgan fingerprint density at radius 3 is 2.55 bits per heavy atom. The number of carbonyl (C=O) groups excluding carboxylic acids is 1. The second-order valence-corrected chi connectivity index (χ2v) is 10.9. The second-order valence-electron chi connectivity index (χ2n) is 10.9. The van der Waals surface area contributed by atoms with Gasteiger partial charge in [-0.3, -0.25) is 0 Å². The minimum absolute atomic E-state index is 0.0253. The SMILES string of the molecule is CC(C)N(C(=O)Nc1cn(C2CCCCO2)nc1-c1nc2cc(F)c(N3CCN(C)CC3)cc2[nH]1)C(C)C. The van der Waals surface area contributed by atoms with Gasteiger partial charge in [0.15, 0.2) is 11.5 Å². The van der Waals surface area contributed by atoms with E-state index in [1.165, 1.54) is 6.07 Å². The van der Waals surface area contributed by atoms with Gasteiger partial charge in [0.1, 0.15) is 12.0 Å². The van der Waals surface area contributed by atoms with Crippen LogP contribution in [0.5, 0.6) is 0 Å². The largest absolute Gasteiger partial charge is 0.367 e. The molecule has 0 spiro atoms. The summed E-state index contributed by atoms with van der Waals surface area (Å²) in [6, 6.07) is 3.14. The predicted molar refractivity (Wildman–Crippen MR) is 147 cm³/mol. The van der Waals surface area contributed by atoms with E-state index in [1.807, 2.05) is 40.0 Å². The standard InChI is InChI=1S/C27H39FN8O2/c1-17(2)36(18(3)4)27(37)31-22-16-35(24-8-6-7-13-38-24)32-25(22)26-29-20-14-19(28)23(15-21(20)30-26)34-11-9-33(5)10-12-34/h14-18,24H,6-13H2,1-5H3,(H,29,30)(H,31,37). The first-order valence-corrected chi connectivity index (χ1v) is 13.6. The summed E-state index contributed by atoms with van der Waals surface area (Å²) in [6.07, 6.45) is 4.53. The van der Waals surface area contributed by atoms with Gasteiger partial charge in [-0.25, -0.2) is 18.9 Å². The van der Waals surface area contributed by atoms with Crippen LogP contribution in [0.2, 0.25) is 0 Å². The zero-order valence-electron chi connectivity index (χ0n) is 23.0. The van der Waals surface area contributed by atoms with Gasteiger partial charge in [0.05, 0.1) is 28.6 Å². The molecular formula is C27H39FN8O2. The highest BCUT2D eigenvalue weighted by molar-refractivity contribution is 5.94. The molecule has 1 aromatic carbocycles. The van der Waals surface area contributed by atoms with Crippen LogP contribution in [0.3, 0.4) is 0 Å². The van der Waals surface area contributed by atoms with Crippen molar-refractivity contribution in [2.24, 2.45) is 0 Å². The van der Waals surface area contributed by atoms with Gasteiger partial charge in [-0.15, -0.1) is 0 Å². The van der Waals surface area contributed by atoms with Crippen molar-refractivity contribution in [2.75, 3.05) is 50.1 Å². The minimum atomic E-state index is -0.292. The van der Waals surface area contributed by atoms with Crippen LogP contribution in [0.1, 0.15) is 53.2 Å². The van der Waals surface area contributed by atoms with E-state index in [0.717, 1.165) is 51.0 Å². The number of piperazine rings is 1. The second kappa shape index (κ2) is 10.9. The Kier molecular flexibility index (Phi) is 7.58. The van der Waals surface area contributed by atoms with Crippen molar-refractivity contribution >= 4 is 28.4 Å². The van der Waals surface area contributed by atoms with Crippen molar-refractivity contribution in [3.8, 4) is 11.5 Å². The van der Waals surface area contributed by atoms with Crippen LogP contribution in [-0.2, 0) is 4.74 Å². The Balaban J connectivity index is 1.51. The lowest BCUT2D eigenvalue weighted by Crippen LogP contribution is -2.44. The number of H-pyrrole nitrogens is 1. The fourth-order valence-corrected chi connectivity index (χ4v) is 5.40. The van der Waals surface area contributed by atoms with Crippen LogP contribution in [-0.4, -0.2) is 87.5 Å². The third-order valence-corrected chi connectivity index (χ3v) is 7.39. The molecule has 2 saturated heterocycles.